The van der Waals surface area contributed by atoms with Crippen LogP contribution in [0.4, 0.5) is 0 Å². The van der Waals surface area contributed by atoms with Gasteiger partial charge in [-0.2, -0.15) is 0 Å². The zero-order valence-electron chi connectivity index (χ0n) is 19.6. The molecule has 0 radical (unpaired) electrons. The molecule has 5 heterocycles. The lowest BCUT2D eigenvalue weighted by atomic mass is 9.85. The SMILES string of the molecule is CC(C)(C)c1c2nc(cc3ccc([nH]3)c(-c3ccccc3)c3nc(cc4ccc1[nH]4)C=C3)C=C2. The van der Waals surface area contributed by atoms with E-state index >= 15 is 0 Å². The molecule has 34 heavy (non-hydrogen) atoms. The first-order chi connectivity index (χ1) is 16.4. The summed E-state index contributed by atoms with van der Waals surface area (Å²) in [5.74, 6) is 0. The van der Waals surface area contributed by atoms with Gasteiger partial charge in [0.05, 0.1) is 22.8 Å². The third kappa shape index (κ3) is 3.67. The van der Waals surface area contributed by atoms with E-state index in [4.69, 9.17) is 9.97 Å². The van der Waals surface area contributed by atoms with E-state index in [-0.39, 0.29) is 5.41 Å². The van der Waals surface area contributed by atoms with Crippen LogP contribution in [0.25, 0.3) is 57.5 Å². The molecule has 8 bridgehead atoms. The first kappa shape index (κ1) is 20.4. The summed E-state index contributed by atoms with van der Waals surface area (Å²) < 4.78 is 0. The molecule has 4 aromatic rings. The van der Waals surface area contributed by atoms with Gasteiger partial charge in [0.2, 0.25) is 0 Å². The highest BCUT2D eigenvalue weighted by Gasteiger charge is 2.21. The molecule has 0 aliphatic carbocycles. The van der Waals surface area contributed by atoms with Crippen molar-refractivity contribution in [3.63, 3.8) is 0 Å². The second kappa shape index (κ2) is 7.70. The number of aromatic amines is 2. The van der Waals surface area contributed by atoms with E-state index in [0.717, 1.165) is 56.0 Å². The number of hydrogen-bond acceptors (Lipinski definition) is 2. The van der Waals surface area contributed by atoms with Crippen LogP contribution in [0, 0.1) is 0 Å². The maximum atomic E-state index is 4.98. The smallest absolute Gasteiger partial charge is 0.0736 e. The number of fused-ring (bicyclic) bond motifs is 8. The highest BCUT2D eigenvalue weighted by Crippen LogP contribution is 2.32. The summed E-state index contributed by atoms with van der Waals surface area (Å²) in [6.45, 7) is 6.69. The van der Waals surface area contributed by atoms with Crippen molar-refractivity contribution < 1.29 is 0 Å². The van der Waals surface area contributed by atoms with Crippen molar-refractivity contribution in [1.29, 1.82) is 0 Å². The lowest BCUT2D eigenvalue weighted by molar-refractivity contribution is 0.591. The van der Waals surface area contributed by atoms with Crippen LogP contribution in [-0.4, -0.2) is 19.9 Å². The molecule has 0 spiro atoms. The van der Waals surface area contributed by atoms with Gasteiger partial charge in [0.25, 0.3) is 0 Å². The standard InChI is InChI=1S/C30H26N4/c1-30(2,3)29-26-15-11-22(33-26)17-20-9-13-24(31-20)28(19-7-5-4-6-8-19)25-14-10-21(32-25)18-23-12-16-27(29)34-23/h4-18,31,34H,1-3H3. The van der Waals surface area contributed by atoms with Crippen molar-refractivity contribution >= 4 is 46.4 Å². The van der Waals surface area contributed by atoms with Crippen LogP contribution >= 0.6 is 0 Å². The van der Waals surface area contributed by atoms with Crippen LogP contribution in [0.5, 0.6) is 0 Å². The minimum Gasteiger partial charge on any atom is -0.355 e. The Morgan fingerprint density at radius 3 is 1.88 bits per heavy atom. The van der Waals surface area contributed by atoms with Gasteiger partial charge in [-0.1, -0.05) is 51.1 Å². The zero-order valence-corrected chi connectivity index (χ0v) is 19.6. The molecular formula is C30H26N4. The van der Waals surface area contributed by atoms with Crippen molar-refractivity contribution in [3.05, 3.63) is 95.1 Å². The number of rotatable bonds is 1. The first-order valence-corrected chi connectivity index (χ1v) is 11.6. The summed E-state index contributed by atoms with van der Waals surface area (Å²) in [7, 11) is 0. The molecule has 0 fully saturated rings. The van der Waals surface area contributed by atoms with Gasteiger partial charge in [-0.3, -0.25) is 0 Å². The normalized spacial score (nSPS) is 12.9. The molecule has 3 aromatic heterocycles. The molecule has 4 heteroatoms. The summed E-state index contributed by atoms with van der Waals surface area (Å²) in [6.07, 6.45) is 8.37. The predicted octanol–water partition coefficient (Wildman–Crippen LogP) is 7.62. The topological polar surface area (TPSA) is 57.4 Å². The largest absolute Gasteiger partial charge is 0.355 e. The van der Waals surface area contributed by atoms with Gasteiger partial charge in [-0.05, 0) is 71.7 Å². The van der Waals surface area contributed by atoms with Crippen LogP contribution in [-0.2, 0) is 5.41 Å². The van der Waals surface area contributed by atoms with Gasteiger partial charge in [0, 0.05) is 33.2 Å². The highest BCUT2D eigenvalue weighted by atomic mass is 14.8. The number of benzene rings is 1. The van der Waals surface area contributed by atoms with Gasteiger partial charge in [0.15, 0.2) is 0 Å². The Labute approximate surface area is 198 Å². The molecule has 0 saturated carbocycles. The molecule has 0 saturated heterocycles. The molecular weight excluding hydrogens is 416 g/mol. The fraction of sp³-hybridized carbons (Fsp3) is 0.133. The Kier molecular flexibility index (Phi) is 4.63. The molecule has 0 atom stereocenters. The van der Waals surface area contributed by atoms with Gasteiger partial charge in [0.1, 0.15) is 0 Å². The monoisotopic (exact) mass is 442 g/mol. The van der Waals surface area contributed by atoms with Crippen molar-refractivity contribution in [2.75, 3.05) is 0 Å². The maximum Gasteiger partial charge on any atom is 0.0736 e. The van der Waals surface area contributed by atoms with Crippen molar-refractivity contribution in [2.45, 2.75) is 26.2 Å². The predicted molar refractivity (Wildman–Crippen MR) is 143 cm³/mol. The zero-order chi connectivity index (χ0) is 23.3. The van der Waals surface area contributed by atoms with Gasteiger partial charge >= 0.3 is 0 Å². The summed E-state index contributed by atoms with van der Waals surface area (Å²) in [6, 6.07) is 23.1. The number of nitrogens with one attached hydrogen (secondary N) is 2. The third-order valence-corrected chi connectivity index (χ3v) is 6.21. The van der Waals surface area contributed by atoms with E-state index in [1.807, 2.05) is 6.07 Å². The molecule has 2 N–H and O–H groups in total. The van der Waals surface area contributed by atoms with Crippen LogP contribution in [0.2, 0.25) is 0 Å². The van der Waals surface area contributed by atoms with E-state index in [1.165, 1.54) is 5.56 Å². The van der Waals surface area contributed by atoms with Crippen LogP contribution in [0.1, 0.15) is 49.1 Å². The Balaban J connectivity index is 1.74. The average molecular weight is 443 g/mol. The van der Waals surface area contributed by atoms with Crippen molar-refractivity contribution in [2.24, 2.45) is 0 Å². The molecule has 2 aliphatic heterocycles. The minimum atomic E-state index is -0.0724. The molecule has 1 aromatic carbocycles. The summed E-state index contributed by atoms with van der Waals surface area (Å²) in [4.78, 5) is 17.1. The maximum absolute atomic E-state index is 4.98. The van der Waals surface area contributed by atoms with Crippen LogP contribution in [0.3, 0.4) is 0 Å². The van der Waals surface area contributed by atoms with Crippen LogP contribution < -0.4 is 0 Å². The van der Waals surface area contributed by atoms with Crippen molar-refractivity contribution in [1.82, 2.24) is 19.9 Å². The lowest BCUT2D eigenvalue weighted by Crippen LogP contribution is -2.13. The number of H-pyrrole nitrogens is 2. The number of aromatic nitrogens is 4. The second-order valence-electron chi connectivity index (χ2n) is 9.82. The molecule has 2 aliphatic rings. The van der Waals surface area contributed by atoms with Crippen LogP contribution in [0.15, 0.2) is 66.7 Å². The van der Waals surface area contributed by atoms with Gasteiger partial charge in [-0.15, -0.1) is 0 Å². The third-order valence-electron chi connectivity index (χ3n) is 6.21. The molecule has 166 valence electrons. The van der Waals surface area contributed by atoms with Crippen molar-refractivity contribution in [3.8, 4) is 11.1 Å². The minimum absolute atomic E-state index is 0.0724. The van der Waals surface area contributed by atoms with E-state index in [1.54, 1.807) is 0 Å². The van der Waals surface area contributed by atoms with E-state index in [0.29, 0.717) is 0 Å². The van der Waals surface area contributed by atoms with E-state index in [9.17, 15) is 0 Å². The summed E-state index contributed by atoms with van der Waals surface area (Å²) in [5, 5.41) is 0. The molecule has 0 amide bonds. The van der Waals surface area contributed by atoms with Gasteiger partial charge in [-0.25, -0.2) is 9.97 Å². The number of hydrogen-bond donors (Lipinski definition) is 2. The highest BCUT2D eigenvalue weighted by molar-refractivity contribution is 5.91. The Morgan fingerprint density at radius 1 is 0.618 bits per heavy atom. The Bertz CT molecular complexity index is 1620. The second-order valence-corrected chi connectivity index (χ2v) is 9.82. The average Bonchev–Trinajstić information content (AvgIpc) is 3.59. The summed E-state index contributed by atoms with van der Waals surface area (Å²) >= 11 is 0. The molecule has 6 rings (SSSR count). The number of nitrogens with zero attached hydrogens (tertiary/aromatic N) is 2. The summed E-state index contributed by atoms with van der Waals surface area (Å²) in [5.41, 5.74) is 11.3. The van der Waals surface area contributed by atoms with E-state index in [2.05, 4.69) is 116 Å². The molecule has 0 unspecified atom stereocenters. The quantitative estimate of drug-likeness (QED) is 0.275. The Morgan fingerprint density at radius 2 is 1.21 bits per heavy atom. The fourth-order valence-corrected chi connectivity index (χ4v) is 4.77. The van der Waals surface area contributed by atoms with Gasteiger partial charge < -0.3 is 9.97 Å². The molecule has 4 nitrogen and oxygen atoms in total. The first-order valence-electron chi connectivity index (χ1n) is 11.6. The Hall–Kier alpha value is -4.18. The lowest BCUT2D eigenvalue weighted by Gasteiger charge is -2.20. The van der Waals surface area contributed by atoms with E-state index < -0.39 is 0 Å². The fourth-order valence-electron chi connectivity index (χ4n) is 4.77.